The first-order valence-corrected chi connectivity index (χ1v) is 14.0. The number of benzene rings is 2. The molecule has 5 rings (SSSR count). The summed E-state index contributed by atoms with van der Waals surface area (Å²) >= 11 is 16.6. The van der Waals surface area contributed by atoms with Crippen LogP contribution in [0.2, 0.25) is 0 Å². The van der Waals surface area contributed by atoms with Crippen LogP contribution in [0, 0.1) is 0 Å². The van der Waals surface area contributed by atoms with Gasteiger partial charge < -0.3 is 31.9 Å². The van der Waals surface area contributed by atoms with E-state index in [2.05, 4.69) is 68.3 Å². The molecule has 2 aromatic rings. The van der Waals surface area contributed by atoms with Crippen LogP contribution in [0.5, 0.6) is 0 Å². The maximum Gasteiger partial charge on any atom is 0.166 e. The third-order valence-electron chi connectivity index (χ3n) is 6.42. The smallest absolute Gasteiger partial charge is 0.166 e. The monoisotopic (exact) mass is 540 g/mol. The van der Waals surface area contributed by atoms with Crippen LogP contribution in [-0.2, 0) is 38.5 Å². The first-order chi connectivity index (χ1) is 17.5. The van der Waals surface area contributed by atoms with Crippen LogP contribution >= 0.6 is 36.7 Å². The van der Waals surface area contributed by atoms with Gasteiger partial charge in [0.1, 0.15) is 0 Å². The molecule has 0 saturated carbocycles. The van der Waals surface area contributed by atoms with Crippen LogP contribution in [0.3, 0.4) is 0 Å². The van der Waals surface area contributed by atoms with Crippen molar-refractivity contribution in [1.29, 1.82) is 0 Å². The van der Waals surface area contributed by atoms with E-state index < -0.39 is 0 Å². The Kier molecular flexibility index (Phi) is 10.1. The van der Waals surface area contributed by atoms with Gasteiger partial charge in [0.2, 0.25) is 0 Å². The molecule has 0 unspecified atom stereocenters. The van der Waals surface area contributed by atoms with Gasteiger partial charge >= 0.3 is 0 Å². The number of rotatable bonds is 0. The van der Waals surface area contributed by atoms with Crippen LogP contribution in [0.4, 0.5) is 0 Å². The van der Waals surface area contributed by atoms with Crippen LogP contribution < -0.4 is 31.9 Å². The predicted molar refractivity (Wildman–Crippen MR) is 161 cm³/mol. The average Bonchev–Trinajstić information content (AvgIpc) is 2.83. The Morgan fingerprint density at radius 1 is 0.333 bits per heavy atom. The van der Waals surface area contributed by atoms with Gasteiger partial charge in [0, 0.05) is 39.3 Å². The van der Waals surface area contributed by atoms with Crippen molar-refractivity contribution in [2.45, 2.75) is 38.5 Å². The lowest BCUT2D eigenvalue weighted by Gasteiger charge is -2.16. The maximum absolute atomic E-state index is 5.54. The second-order valence-corrected chi connectivity index (χ2v) is 10.6. The summed E-state index contributed by atoms with van der Waals surface area (Å²) in [7, 11) is 0. The molecule has 0 atom stereocenters. The zero-order valence-electron chi connectivity index (χ0n) is 20.7. The van der Waals surface area contributed by atoms with Gasteiger partial charge in [0.15, 0.2) is 15.3 Å². The molecule has 0 aromatic heterocycles. The number of hydrogen-bond donors (Lipinski definition) is 6. The fourth-order valence-corrected chi connectivity index (χ4v) is 5.27. The molecule has 3 heterocycles. The molecule has 0 aliphatic carbocycles. The minimum Gasteiger partial charge on any atom is -0.362 e. The van der Waals surface area contributed by atoms with Crippen molar-refractivity contribution in [3.63, 3.8) is 0 Å². The molecule has 0 saturated heterocycles. The summed E-state index contributed by atoms with van der Waals surface area (Å²) in [6.45, 7) is 4.79. The van der Waals surface area contributed by atoms with E-state index in [1.165, 1.54) is 33.4 Å². The molecule has 2 aromatic carbocycles. The predicted octanol–water partition coefficient (Wildman–Crippen LogP) is 2.06. The summed E-state index contributed by atoms with van der Waals surface area (Å²) in [4.78, 5) is 0. The molecule has 6 N–H and O–H groups in total. The van der Waals surface area contributed by atoms with Crippen molar-refractivity contribution in [1.82, 2.24) is 31.9 Å². The van der Waals surface area contributed by atoms with Crippen molar-refractivity contribution in [2.24, 2.45) is 0 Å². The lowest BCUT2D eigenvalue weighted by molar-refractivity contribution is 0.776. The molecule has 9 heteroatoms. The largest absolute Gasteiger partial charge is 0.362 e. The Hall–Kier alpha value is -2.49. The molecular weight excluding hydrogens is 505 g/mol. The fraction of sp³-hybridized carbons (Fsp3) is 0.444. The van der Waals surface area contributed by atoms with Gasteiger partial charge in [-0.2, -0.15) is 0 Å². The zero-order chi connectivity index (χ0) is 25.2. The summed E-state index contributed by atoms with van der Waals surface area (Å²) in [6.07, 6.45) is 5.47. The highest BCUT2D eigenvalue weighted by Crippen LogP contribution is 2.14. The van der Waals surface area contributed by atoms with E-state index in [1.54, 1.807) is 0 Å². The molecule has 192 valence electrons. The van der Waals surface area contributed by atoms with E-state index in [0.29, 0.717) is 0 Å². The lowest BCUT2D eigenvalue weighted by Crippen LogP contribution is -2.38. The van der Waals surface area contributed by atoms with E-state index in [1.807, 2.05) is 0 Å². The minimum absolute atomic E-state index is 0.718. The molecule has 6 nitrogen and oxygen atoms in total. The third kappa shape index (κ3) is 8.87. The SMILES string of the molecule is S=C1NCCc2cc3cc(c2)CCNC(=S)NCCc2cc(cc(c2)CCNC(=S)NCC3)CCN1. The van der Waals surface area contributed by atoms with E-state index in [-0.39, 0.29) is 0 Å². The molecule has 0 amide bonds. The summed E-state index contributed by atoms with van der Waals surface area (Å²) < 4.78 is 0. The number of thiocarbonyl (C=S) groups is 3. The first-order valence-electron chi connectivity index (χ1n) is 12.8. The van der Waals surface area contributed by atoms with E-state index in [9.17, 15) is 0 Å². The summed E-state index contributed by atoms with van der Waals surface area (Å²) in [6, 6.07) is 13.8. The highest BCUT2D eigenvalue weighted by atomic mass is 32.1. The quantitative estimate of drug-likeness (QED) is 0.282. The average molecular weight is 541 g/mol. The number of nitrogens with one attached hydrogen (secondary N) is 6. The summed E-state index contributed by atoms with van der Waals surface area (Å²) in [5.41, 5.74) is 7.87. The topological polar surface area (TPSA) is 72.2 Å². The highest BCUT2D eigenvalue weighted by Gasteiger charge is 2.08. The molecule has 0 fully saturated rings. The Bertz CT molecular complexity index is 850. The first kappa shape index (κ1) is 26.6. The van der Waals surface area contributed by atoms with Crippen molar-refractivity contribution >= 4 is 52.0 Å². The van der Waals surface area contributed by atoms with Gasteiger partial charge in [0.25, 0.3) is 0 Å². The van der Waals surface area contributed by atoms with E-state index in [0.717, 1.165) is 93.1 Å². The zero-order valence-corrected chi connectivity index (χ0v) is 23.1. The highest BCUT2D eigenvalue weighted by molar-refractivity contribution is 7.80. The molecular formula is C27H36N6S3. The standard InChI is InChI=1S/C27H36N6S3/c34-25-28-7-1-19-13-20-2-8-30-26(35)32-11-5-23-16-22(4-10-29-25)17-24(18-23)6-12-33-27(36)31-9-3-21(14-19)15-20/h13-18H,1-12H2,(H2,28,29,34)(H2,30,32,35)(H2,31,33,36). The Labute approximate surface area is 230 Å². The molecule has 6 bridgehead atoms. The Balaban J connectivity index is 1.61. The molecule has 0 radical (unpaired) electrons. The molecule has 3 aliphatic heterocycles. The molecule has 0 spiro atoms. The maximum atomic E-state index is 5.54. The van der Waals surface area contributed by atoms with E-state index in [4.69, 9.17) is 36.7 Å². The van der Waals surface area contributed by atoms with Crippen molar-refractivity contribution < 1.29 is 0 Å². The summed E-state index contributed by atoms with van der Waals surface area (Å²) in [5, 5.41) is 22.4. The molecule has 36 heavy (non-hydrogen) atoms. The van der Waals surface area contributed by atoms with Crippen molar-refractivity contribution in [2.75, 3.05) is 39.3 Å². The number of hydrogen-bond acceptors (Lipinski definition) is 3. The third-order valence-corrected chi connectivity index (χ3v) is 7.29. The van der Waals surface area contributed by atoms with Gasteiger partial charge in [-0.25, -0.2) is 0 Å². The Morgan fingerprint density at radius 2 is 0.500 bits per heavy atom. The second-order valence-electron chi connectivity index (χ2n) is 9.36. The van der Waals surface area contributed by atoms with Gasteiger partial charge in [-0.15, -0.1) is 0 Å². The van der Waals surface area contributed by atoms with Crippen molar-refractivity contribution in [3.8, 4) is 0 Å². The van der Waals surface area contributed by atoms with Gasteiger partial charge in [-0.05, 0) is 109 Å². The van der Waals surface area contributed by atoms with Crippen LogP contribution in [0.15, 0.2) is 36.4 Å². The normalized spacial score (nSPS) is 18.2. The Morgan fingerprint density at radius 3 is 0.667 bits per heavy atom. The van der Waals surface area contributed by atoms with Gasteiger partial charge in [0.05, 0.1) is 0 Å². The van der Waals surface area contributed by atoms with Crippen molar-refractivity contribution in [3.05, 3.63) is 69.8 Å². The number of fused-ring (bicyclic) bond motifs is 18. The molecule has 3 aliphatic rings. The van der Waals surface area contributed by atoms with Crippen LogP contribution in [0.1, 0.15) is 33.4 Å². The minimum atomic E-state index is 0.718. The van der Waals surface area contributed by atoms with Crippen LogP contribution in [-0.4, -0.2) is 54.6 Å². The van der Waals surface area contributed by atoms with Gasteiger partial charge in [-0.3, -0.25) is 0 Å². The van der Waals surface area contributed by atoms with E-state index >= 15 is 0 Å². The summed E-state index contributed by atoms with van der Waals surface area (Å²) in [5.74, 6) is 0. The lowest BCUT2D eigenvalue weighted by atomic mass is 9.99. The van der Waals surface area contributed by atoms with Crippen LogP contribution in [0.25, 0.3) is 0 Å². The second kappa shape index (κ2) is 13.7. The van der Waals surface area contributed by atoms with Gasteiger partial charge in [-0.1, -0.05) is 36.4 Å². The fourth-order valence-electron chi connectivity index (χ4n) is 4.65.